The molecule has 0 aliphatic carbocycles. The van der Waals surface area contributed by atoms with Crippen LogP contribution in [0.5, 0.6) is 0 Å². The van der Waals surface area contributed by atoms with E-state index in [1.807, 2.05) is 24.5 Å². The topological polar surface area (TPSA) is 97.7 Å². The van der Waals surface area contributed by atoms with Gasteiger partial charge in [-0.2, -0.15) is 0 Å². The number of aliphatic hydroxyl groups excluding tert-OH is 2. The highest BCUT2D eigenvalue weighted by atomic mass is 79.9. The molecule has 2 unspecified atom stereocenters. The predicted octanol–water partition coefficient (Wildman–Crippen LogP) is 9.51. The fourth-order valence-corrected chi connectivity index (χ4v) is 7.88. The Hall–Kier alpha value is -3.82. The first-order chi connectivity index (χ1) is 28.6. The molecular weight excluding hydrogens is 841 g/mol. The molecule has 5 heterocycles. The molecule has 0 bridgehead atoms. The smallest absolute Gasteiger partial charge is 0.399 e. The second kappa shape index (κ2) is 22.5. The summed E-state index contributed by atoms with van der Waals surface area (Å²) in [5.74, 6) is 0.906. The third-order valence-electron chi connectivity index (χ3n) is 11.9. The molecule has 2 N–H and O–H groups in total. The zero-order chi connectivity index (χ0) is 43.6. The number of rotatable bonds is 11. The Balaban J connectivity index is 0.000000263. The highest BCUT2D eigenvalue weighted by Gasteiger charge is 2.51. The van der Waals surface area contributed by atoms with Crippen LogP contribution in [0, 0.1) is 11.8 Å². The van der Waals surface area contributed by atoms with Crippen molar-refractivity contribution in [2.45, 2.75) is 99.1 Å². The molecule has 2 atom stereocenters. The molecule has 2 aromatic heterocycles. The summed E-state index contributed by atoms with van der Waals surface area (Å²) in [4.78, 5) is 18.6. The van der Waals surface area contributed by atoms with E-state index in [0.29, 0.717) is 11.8 Å². The largest absolute Gasteiger partial charge is 0.494 e. The SMILES string of the molecule is C.CC(C)CC(O)c1ccc(N2CCN(c3ccc(B4OC(C)(C)C(C)(C)O4)cc3)CC2)cn1.CC(C)CC(O)c1ccc(N2CCN(c3ccc(Br)cc3)CC2)cn1.FF. The lowest BCUT2D eigenvalue weighted by molar-refractivity contribution is 0.00578. The molecule has 3 aliphatic rings. The van der Waals surface area contributed by atoms with Crippen molar-refractivity contribution in [1.29, 1.82) is 0 Å². The number of anilines is 4. The van der Waals surface area contributed by atoms with Crippen LogP contribution in [0.1, 0.15) is 99.3 Å². The van der Waals surface area contributed by atoms with Gasteiger partial charge < -0.3 is 39.1 Å². The second-order valence-corrected chi connectivity index (χ2v) is 18.7. The summed E-state index contributed by atoms with van der Waals surface area (Å²) in [6.45, 7) is 24.5. The van der Waals surface area contributed by atoms with Crippen LogP contribution in [0.25, 0.3) is 0 Å². The third kappa shape index (κ3) is 13.3. The predicted molar refractivity (Wildman–Crippen MR) is 251 cm³/mol. The molecule has 3 aliphatic heterocycles. The molecule has 3 fully saturated rings. The minimum atomic E-state index is -0.490. The minimum absolute atomic E-state index is 0. The van der Waals surface area contributed by atoms with Gasteiger partial charge in [0.05, 0.1) is 58.6 Å². The molecule has 61 heavy (non-hydrogen) atoms. The second-order valence-electron chi connectivity index (χ2n) is 17.8. The van der Waals surface area contributed by atoms with Gasteiger partial charge in [0.2, 0.25) is 0 Å². The fourth-order valence-electron chi connectivity index (χ4n) is 7.62. The van der Waals surface area contributed by atoms with Crippen LogP contribution < -0.4 is 25.1 Å². The van der Waals surface area contributed by atoms with E-state index in [1.54, 1.807) is 0 Å². The standard InChI is InChI=1S/C26H38BN3O3.C20H26BrN3O.CH4.F2/c1-19(2)17-24(31)23-12-11-22(18-28-23)30-15-13-29(14-16-30)21-9-7-20(8-10-21)27-32-25(3,4)26(5,6)33-27;1-15(2)13-20(25)19-8-7-18(14-22-19)24-11-9-23(10-12-24)17-5-3-16(21)4-6-17;;1-2/h7-12,18-19,24,31H,13-17H2,1-6H3;3-8,14-15,20,25H,9-13H2,1-2H3;1H4;. The minimum Gasteiger partial charge on any atom is -0.399 e. The Morgan fingerprint density at radius 3 is 1.20 bits per heavy atom. The van der Waals surface area contributed by atoms with Gasteiger partial charge in [-0.25, -0.2) is 0 Å². The fraction of sp³-hybridized carbons (Fsp3) is 0.532. The third-order valence-corrected chi connectivity index (χ3v) is 12.4. The van der Waals surface area contributed by atoms with Crippen LogP contribution in [0.15, 0.2) is 89.7 Å². The van der Waals surface area contributed by atoms with E-state index in [0.717, 1.165) is 97.9 Å². The van der Waals surface area contributed by atoms with Crippen LogP contribution in [-0.2, 0) is 9.31 Å². The molecule has 10 nitrogen and oxygen atoms in total. The molecule has 2 aromatic carbocycles. The van der Waals surface area contributed by atoms with E-state index in [2.05, 4.69) is 162 Å². The summed E-state index contributed by atoms with van der Waals surface area (Å²) < 4.78 is 29.5. The van der Waals surface area contributed by atoms with Crippen molar-refractivity contribution >= 4 is 51.3 Å². The molecule has 0 saturated carbocycles. The van der Waals surface area contributed by atoms with Gasteiger partial charge in [0.25, 0.3) is 0 Å². The number of halogens is 3. The lowest BCUT2D eigenvalue weighted by atomic mass is 9.79. The van der Waals surface area contributed by atoms with Crippen molar-refractivity contribution < 1.29 is 28.7 Å². The Kier molecular flexibility index (Phi) is 18.4. The summed E-state index contributed by atoms with van der Waals surface area (Å²) in [5.41, 5.74) is 6.68. The van der Waals surface area contributed by atoms with Crippen LogP contribution in [0.4, 0.5) is 31.9 Å². The van der Waals surface area contributed by atoms with Crippen molar-refractivity contribution in [3.8, 4) is 0 Å². The molecule has 0 spiro atoms. The monoisotopic (exact) mass is 908 g/mol. The number of benzene rings is 2. The zero-order valence-electron chi connectivity index (χ0n) is 36.6. The summed E-state index contributed by atoms with van der Waals surface area (Å²) >= 11 is 3.49. The molecule has 7 rings (SSSR count). The quantitative estimate of drug-likeness (QED) is 0.142. The average Bonchev–Trinajstić information content (AvgIpc) is 3.47. The number of nitrogens with zero attached hydrogens (tertiary/aromatic N) is 6. The number of aromatic nitrogens is 2. The maximum Gasteiger partial charge on any atom is 0.494 e. The lowest BCUT2D eigenvalue weighted by Crippen LogP contribution is -2.46. The maximum atomic E-state index is 10.3. The van der Waals surface area contributed by atoms with Gasteiger partial charge in [-0.3, -0.25) is 9.97 Å². The number of piperazine rings is 2. The van der Waals surface area contributed by atoms with E-state index in [4.69, 9.17) is 18.5 Å². The Morgan fingerprint density at radius 2 is 0.885 bits per heavy atom. The first kappa shape index (κ1) is 49.8. The van der Waals surface area contributed by atoms with Crippen molar-refractivity contribution in [2.24, 2.45) is 11.8 Å². The molecule has 14 heteroatoms. The first-order valence-electron chi connectivity index (χ1n) is 21.2. The van der Waals surface area contributed by atoms with Gasteiger partial charge in [0.1, 0.15) is 0 Å². The normalized spacial score (nSPS) is 18.2. The molecular formula is C47H68BBrF2N6O4. The molecule has 0 radical (unpaired) electrons. The molecule has 0 amide bonds. The zero-order valence-corrected chi connectivity index (χ0v) is 38.2. The summed E-state index contributed by atoms with van der Waals surface area (Å²) in [6.07, 6.45) is 4.32. The summed E-state index contributed by atoms with van der Waals surface area (Å²) in [6, 6.07) is 25.2. The van der Waals surface area contributed by atoms with E-state index in [9.17, 15) is 10.2 Å². The van der Waals surface area contributed by atoms with Crippen LogP contribution in [0.3, 0.4) is 0 Å². The average molecular weight is 910 g/mol. The highest BCUT2D eigenvalue weighted by Crippen LogP contribution is 2.36. The number of aliphatic hydroxyl groups is 2. The number of hydrogen-bond acceptors (Lipinski definition) is 10. The van der Waals surface area contributed by atoms with Crippen LogP contribution in [-0.4, -0.2) is 90.9 Å². The lowest BCUT2D eigenvalue weighted by Gasteiger charge is -2.37. The first-order valence-corrected chi connectivity index (χ1v) is 22.0. The molecule has 3 saturated heterocycles. The number of pyridine rings is 2. The maximum absolute atomic E-state index is 10.3. The van der Waals surface area contributed by atoms with Crippen LogP contribution in [0.2, 0.25) is 0 Å². The van der Waals surface area contributed by atoms with E-state index < -0.39 is 12.2 Å². The van der Waals surface area contributed by atoms with E-state index >= 15 is 0 Å². The van der Waals surface area contributed by atoms with Gasteiger partial charge in [-0.15, -0.1) is 0 Å². The Morgan fingerprint density at radius 1 is 0.574 bits per heavy atom. The van der Waals surface area contributed by atoms with Crippen molar-refractivity contribution in [1.82, 2.24) is 9.97 Å². The van der Waals surface area contributed by atoms with Gasteiger partial charge in [0, 0.05) is 77.4 Å². The van der Waals surface area contributed by atoms with Crippen molar-refractivity contribution in [3.63, 3.8) is 0 Å². The van der Waals surface area contributed by atoms with Gasteiger partial charge in [-0.1, -0.05) is 63.2 Å². The van der Waals surface area contributed by atoms with Gasteiger partial charge in [-0.05, 0) is 118 Å². The van der Waals surface area contributed by atoms with Crippen molar-refractivity contribution in [3.05, 3.63) is 101 Å². The van der Waals surface area contributed by atoms with Crippen molar-refractivity contribution in [2.75, 3.05) is 72.0 Å². The summed E-state index contributed by atoms with van der Waals surface area (Å²) in [5, 5.41) is 20.5. The van der Waals surface area contributed by atoms with E-state index in [-0.39, 0.29) is 25.7 Å². The van der Waals surface area contributed by atoms with Gasteiger partial charge in [0.15, 0.2) is 0 Å². The Bertz CT molecular complexity index is 1860. The molecule has 4 aromatic rings. The summed E-state index contributed by atoms with van der Waals surface area (Å²) in [7, 11) is -0.324. The number of hydrogen-bond donors (Lipinski definition) is 2. The van der Waals surface area contributed by atoms with Gasteiger partial charge >= 0.3 is 7.12 Å². The molecule has 334 valence electrons. The van der Waals surface area contributed by atoms with E-state index in [1.165, 1.54) is 11.4 Å². The Labute approximate surface area is 372 Å². The van der Waals surface area contributed by atoms with Crippen LogP contribution >= 0.6 is 15.9 Å². The highest BCUT2D eigenvalue weighted by molar-refractivity contribution is 9.10.